The molecule has 2 N–H and O–H groups in total. The molecule has 1 unspecified atom stereocenters. The quantitative estimate of drug-likeness (QED) is 0.835. The van der Waals surface area contributed by atoms with E-state index in [0.717, 1.165) is 37.4 Å². The third-order valence-electron chi connectivity index (χ3n) is 4.10. The molecule has 1 aliphatic heterocycles. The van der Waals surface area contributed by atoms with Crippen molar-refractivity contribution in [3.05, 3.63) is 23.8 Å². The van der Waals surface area contributed by atoms with Crippen LogP contribution in [0.2, 0.25) is 0 Å². The molecule has 1 saturated heterocycles. The second kappa shape index (κ2) is 9.93. The molecule has 1 atom stereocenters. The van der Waals surface area contributed by atoms with Crippen molar-refractivity contribution in [3.63, 3.8) is 0 Å². The summed E-state index contributed by atoms with van der Waals surface area (Å²) in [6.45, 7) is 5.01. The van der Waals surface area contributed by atoms with E-state index in [9.17, 15) is 0 Å². The lowest BCUT2D eigenvalue weighted by Gasteiger charge is -2.26. The van der Waals surface area contributed by atoms with Crippen molar-refractivity contribution < 1.29 is 9.47 Å². The molecular formula is C17H29ClN2O2. The number of halogens is 1. The molecule has 0 radical (unpaired) electrons. The van der Waals surface area contributed by atoms with Gasteiger partial charge in [-0.1, -0.05) is 19.4 Å². The van der Waals surface area contributed by atoms with E-state index in [4.69, 9.17) is 15.2 Å². The molecule has 1 aromatic carbocycles. The Morgan fingerprint density at radius 3 is 2.55 bits per heavy atom. The molecule has 0 saturated carbocycles. The fourth-order valence-corrected chi connectivity index (χ4v) is 2.65. The number of ether oxygens (including phenoxy) is 2. The summed E-state index contributed by atoms with van der Waals surface area (Å²) in [6.07, 6.45) is 5.74. The van der Waals surface area contributed by atoms with Gasteiger partial charge in [0.1, 0.15) is 6.73 Å². The highest BCUT2D eigenvalue weighted by atomic mass is 35.5. The molecule has 0 aliphatic carbocycles. The van der Waals surface area contributed by atoms with Crippen molar-refractivity contribution in [2.75, 3.05) is 26.9 Å². The summed E-state index contributed by atoms with van der Waals surface area (Å²) in [5, 5.41) is 0. The number of methoxy groups -OCH3 is 1. The first-order chi connectivity index (χ1) is 10.2. The van der Waals surface area contributed by atoms with Gasteiger partial charge in [-0.25, -0.2) is 0 Å². The van der Waals surface area contributed by atoms with Crippen molar-refractivity contribution in [2.24, 2.45) is 5.73 Å². The second-order valence-corrected chi connectivity index (χ2v) is 5.81. The van der Waals surface area contributed by atoms with Gasteiger partial charge in [-0.05, 0) is 43.4 Å². The summed E-state index contributed by atoms with van der Waals surface area (Å²) in [5.41, 5.74) is 7.21. The maximum atomic E-state index is 6.01. The standard InChI is InChI=1S/C17H28N2O2.ClH/c1-3-15(18)11-14-7-8-16(17(12-14)20-2)21-13-19-9-5-4-6-10-19;/h7-8,12,15H,3-6,9-11,13,18H2,1-2H3;1H. The normalized spacial score (nSPS) is 16.7. The van der Waals surface area contributed by atoms with E-state index in [-0.39, 0.29) is 18.4 Å². The number of hydrogen-bond acceptors (Lipinski definition) is 4. The van der Waals surface area contributed by atoms with Gasteiger partial charge in [0.2, 0.25) is 0 Å². The third-order valence-corrected chi connectivity index (χ3v) is 4.10. The van der Waals surface area contributed by atoms with E-state index in [1.54, 1.807) is 7.11 Å². The molecule has 4 nitrogen and oxygen atoms in total. The van der Waals surface area contributed by atoms with Crippen LogP contribution in [0, 0.1) is 0 Å². The molecule has 2 rings (SSSR count). The van der Waals surface area contributed by atoms with Crippen molar-refractivity contribution in [1.29, 1.82) is 0 Å². The van der Waals surface area contributed by atoms with Gasteiger partial charge in [-0.3, -0.25) is 4.90 Å². The van der Waals surface area contributed by atoms with Gasteiger partial charge >= 0.3 is 0 Å². The Morgan fingerprint density at radius 1 is 1.18 bits per heavy atom. The minimum Gasteiger partial charge on any atom is -0.493 e. The van der Waals surface area contributed by atoms with Gasteiger partial charge in [0.05, 0.1) is 7.11 Å². The Morgan fingerprint density at radius 2 is 1.91 bits per heavy atom. The SMILES string of the molecule is CCC(N)Cc1ccc(OCN2CCCCC2)c(OC)c1.Cl. The topological polar surface area (TPSA) is 47.7 Å². The summed E-state index contributed by atoms with van der Waals surface area (Å²) < 4.78 is 11.4. The maximum absolute atomic E-state index is 6.01. The van der Waals surface area contributed by atoms with Crippen LogP contribution in [-0.4, -0.2) is 37.9 Å². The lowest BCUT2D eigenvalue weighted by atomic mass is 10.0. The van der Waals surface area contributed by atoms with Crippen molar-refractivity contribution >= 4 is 12.4 Å². The van der Waals surface area contributed by atoms with Gasteiger partial charge in [0.15, 0.2) is 11.5 Å². The zero-order valence-electron chi connectivity index (χ0n) is 13.7. The van der Waals surface area contributed by atoms with Crippen LogP contribution in [0.25, 0.3) is 0 Å². The molecule has 1 heterocycles. The number of piperidine rings is 1. The van der Waals surface area contributed by atoms with Gasteiger partial charge < -0.3 is 15.2 Å². The molecule has 0 amide bonds. The molecule has 1 aromatic rings. The molecule has 22 heavy (non-hydrogen) atoms. The summed E-state index contributed by atoms with van der Waals surface area (Å²) in [7, 11) is 1.69. The molecular weight excluding hydrogens is 300 g/mol. The number of likely N-dealkylation sites (tertiary alicyclic amines) is 1. The van der Waals surface area contributed by atoms with Gasteiger partial charge in [0.25, 0.3) is 0 Å². The van der Waals surface area contributed by atoms with E-state index >= 15 is 0 Å². The van der Waals surface area contributed by atoms with Crippen LogP contribution in [0.5, 0.6) is 11.5 Å². The lowest BCUT2D eigenvalue weighted by molar-refractivity contribution is 0.104. The van der Waals surface area contributed by atoms with E-state index in [2.05, 4.69) is 17.9 Å². The van der Waals surface area contributed by atoms with E-state index in [1.165, 1.54) is 24.8 Å². The molecule has 1 aliphatic rings. The van der Waals surface area contributed by atoms with Crippen molar-refractivity contribution in [1.82, 2.24) is 4.90 Å². The van der Waals surface area contributed by atoms with Crippen molar-refractivity contribution in [2.45, 2.75) is 45.1 Å². The number of nitrogens with zero attached hydrogens (tertiary/aromatic N) is 1. The first-order valence-corrected chi connectivity index (χ1v) is 8.00. The molecule has 0 bridgehead atoms. The smallest absolute Gasteiger partial charge is 0.163 e. The first-order valence-electron chi connectivity index (χ1n) is 8.00. The highest BCUT2D eigenvalue weighted by molar-refractivity contribution is 5.85. The number of benzene rings is 1. The minimum atomic E-state index is 0. The zero-order valence-corrected chi connectivity index (χ0v) is 14.5. The van der Waals surface area contributed by atoms with Gasteiger partial charge in [-0.2, -0.15) is 0 Å². The maximum Gasteiger partial charge on any atom is 0.163 e. The number of nitrogens with two attached hydrogens (primary N) is 1. The summed E-state index contributed by atoms with van der Waals surface area (Å²) in [5.74, 6) is 1.62. The third kappa shape index (κ3) is 5.67. The van der Waals surface area contributed by atoms with Gasteiger partial charge in [0, 0.05) is 19.1 Å². The van der Waals surface area contributed by atoms with Crippen LogP contribution in [0.4, 0.5) is 0 Å². The van der Waals surface area contributed by atoms with E-state index in [1.807, 2.05) is 12.1 Å². The average molecular weight is 329 g/mol. The molecule has 1 fully saturated rings. The highest BCUT2D eigenvalue weighted by Crippen LogP contribution is 2.29. The largest absolute Gasteiger partial charge is 0.493 e. The number of rotatable bonds is 7. The Kier molecular flexibility index (Phi) is 8.61. The lowest BCUT2D eigenvalue weighted by Crippen LogP contribution is -2.33. The Bertz CT molecular complexity index is 437. The van der Waals surface area contributed by atoms with Crippen LogP contribution in [0.1, 0.15) is 38.2 Å². The molecule has 126 valence electrons. The summed E-state index contributed by atoms with van der Waals surface area (Å²) >= 11 is 0. The van der Waals surface area contributed by atoms with Crippen LogP contribution >= 0.6 is 12.4 Å². The Labute approximate surface area is 140 Å². The van der Waals surface area contributed by atoms with Gasteiger partial charge in [-0.15, -0.1) is 12.4 Å². The number of hydrogen-bond donors (Lipinski definition) is 1. The molecule has 5 heteroatoms. The fourth-order valence-electron chi connectivity index (χ4n) is 2.65. The van der Waals surface area contributed by atoms with Crippen LogP contribution < -0.4 is 15.2 Å². The molecule has 0 aromatic heterocycles. The minimum absolute atomic E-state index is 0. The second-order valence-electron chi connectivity index (χ2n) is 5.81. The summed E-state index contributed by atoms with van der Waals surface area (Å²) in [6, 6.07) is 6.33. The van der Waals surface area contributed by atoms with Crippen LogP contribution in [0.3, 0.4) is 0 Å². The van der Waals surface area contributed by atoms with Crippen molar-refractivity contribution in [3.8, 4) is 11.5 Å². The van der Waals surface area contributed by atoms with E-state index in [0.29, 0.717) is 6.73 Å². The van der Waals surface area contributed by atoms with Crippen LogP contribution in [-0.2, 0) is 6.42 Å². The average Bonchev–Trinajstić information content (AvgIpc) is 2.54. The fraction of sp³-hybridized carbons (Fsp3) is 0.647. The zero-order chi connectivity index (χ0) is 15.1. The van der Waals surface area contributed by atoms with Crippen LogP contribution in [0.15, 0.2) is 18.2 Å². The monoisotopic (exact) mass is 328 g/mol. The molecule has 0 spiro atoms. The van der Waals surface area contributed by atoms with E-state index < -0.39 is 0 Å². The predicted molar refractivity (Wildman–Crippen MR) is 93.1 cm³/mol. The summed E-state index contributed by atoms with van der Waals surface area (Å²) in [4.78, 5) is 2.35. The Balaban J connectivity index is 0.00000242. The predicted octanol–water partition coefficient (Wildman–Crippen LogP) is 3.22. The first kappa shape index (κ1) is 19.1. The highest BCUT2D eigenvalue weighted by Gasteiger charge is 2.12. The Hall–Kier alpha value is -0.970.